The van der Waals surface area contributed by atoms with E-state index in [1.807, 2.05) is 32.0 Å². The van der Waals surface area contributed by atoms with E-state index in [9.17, 15) is 5.11 Å². The van der Waals surface area contributed by atoms with Gasteiger partial charge < -0.3 is 14.7 Å². The molecule has 1 aromatic rings. The van der Waals surface area contributed by atoms with Crippen LogP contribution in [-0.2, 0) is 0 Å². The van der Waals surface area contributed by atoms with Gasteiger partial charge >= 0.3 is 0 Å². The summed E-state index contributed by atoms with van der Waals surface area (Å²) in [6.45, 7) is 5.29. The first-order valence-corrected chi connectivity index (χ1v) is 6.35. The van der Waals surface area contributed by atoms with Gasteiger partial charge in [-0.25, -0.2) is 0 Å². The average Bonchev–Trinajstić information content (AvgIpc) is 2.77. The summed E-state index contributed by atoms with van der Waals surface area (Å²) in [5.41, 5.74) is 1.11. The molecule has 0 spiro atoms. The van der Waals surface area contributed by atoms with E-state index in [1.165, 1.54) is 0 Å². The van der Waals surface area contributed by atoms with Crippen LogP contribution in [0.4, 0.5) is 5.69 Å². The standard InChI is InChI=1S/C14H21NO2/c1-11(2)17-14-8-4-3-7-13(14)15-9-5-6-12(15)10-16/h3-4,7-8,11-12,16H,5-6,9-10H2,1-2H3. The van der Waals surface area contributed by atoms with E-state index in [-0.39, 0.29) is 18.8 Å². The van der Waals surface area contributed by atoms with Gasteiger partial charge in [0.1, 0.15) is 5.75 Å². The fourth-order valence-corrected chi connectivity index (χ4v) is 2.39. The first-order chi connectivity index (χ1) is 8.22. The van der Waals surface area contributed by atoms with Crippen LogP contribution in [0.25, 0.3) is 0 Å². The molecule has 1 aliphatic rings. The molecule has 1 N–H and O–H groups in total. The maximum atomic E-state index is 9.39. The normalized spacial score (nSPS) is 20.0. The second-order valence-corrected chi connectivity index (χ2v) is 4.81. The van der Waals surface area contributed by atoms with Crippen molar-refractivity contribution in [2.45, 2.75) is 38.8 Å². The number of hydrogen-bond donors (Lipinski definition) is 1. The molecule has 3 heteroatoms. The van der Waals surface area contributed by atoms with Gasteiger partial charge in [0.2, 0.25) is 0 Å². The van der Waals surface area contributed by atoms with Crippen LogP contribution >= 0.6 is 0 Å². The third-order valence-electron chi connectivity index (χ3n) is 3.13. The van der Waals surface area contributed by atoms with Gasteiger partial charge in [-0.3, -0.25) is 0 Å². The van der Waals surface area contributed by atoms with Crippen molar-refractivity contribution >= 4 is 5.69 Å². The van der Waals surface area contributed by atoms with Crippen molar-refractivity contribution in [3.8, 4) is 5.75 Å². The van der Waals surface area contributed by atoms with E-state index in [0.717, 1.165) is 30.8 Å². The largest absolute Gasteiger partial charge is 0.489 e. The Hall–Kier alpha value is -1.22. The minimum absolute atomic E-state index is 0.173. The number of ether oxygens (including phenoxy) is 1. The smallest absolute Gasteiger partial charge is 0.142 e. The SMILES string of the molecule is CC(C)Oc1ccccc1N1CCCC1CO. The van der Waals surface area contributed by atoms with Gasteiger partial charge in [0, 0.05) is 6.54 Å². The molecule has 0 saturated carbocycles. The first kappa shape index (κ1) is 12.2. The van der Waals surface area contributed by atoms with Crippen molar-refractivity contribution in [1.82, 2.24) is 0 Å². The molecular weight excluding hydrogens is 214 g/mol. The zero-order valence-electron chi connectivity index (χ0n) is 10.6. The lowest BCUT2D eigenvalue weighted by atomic mass is 10.2. The molecule has 1 aliphatic heterocycles. The fraction of sp³-hybridized carbons (Fsp3) is 0.571. The van der Waals surface area contributed by atoms with E-state index in [2.05, 4.69) is 11.0 Å². The Morgan fingerprint density at radius 3 is 2.88 bits per heavy atom. The molecule has 0 aliphatic carbocycles. The minimum atomic E-state index is 0.173. The monoisotopic (exact) mass is 235 g/mol. The number of aliphatic hydroxyl groups excluding tert-OH is 1. The lowest BCUT2D eigenvalue weighted by Crippen LogP contribution is -2.32. The Balaban J connectivity index is 2.24. The zero-order chi connectivity index (χ0) is 12.3. The van der Waals surface area contributed by atoms with Crippen molar-refractivity contribution in [2.75, 3.05) is 18.1 Å². The molecule has 0 aromatic heterocycles. The molecule has 17 heavy (non-hydrogen) atoms. The van der Waals surface area contributed by atoms with Crippen LogP contribution in [0.5, 0.6) is 5.75 Å². The Bertz CT molecular complexity index is 365. The van der Waals surface area contributed by atoms with Gasteiger partial charge in [0.15, 0.2) is 0 Å². The average molecular weight is 235 g/mol. The van der Waals surface area contributed by atoms with Gasteiger partial charge in [-0.15, -0.1) is 0 Å². The summed E-state index contributed by atoms with van der Waals surface area (Å²) in [7, 11) is 0. The zero-order valence-corrected chi connectivity index (χ0v) is 10.6. The summed E-state index contributed by atoms with van der Waals surface area (Å²) in [5.74, 6) is 0.919. The van der Waals surface area contributed by atoms with Crippen LogP contribution in [0.1, 0.15) is 26.7 Å². The van der Waals surface area contributed by atoms with E-state index < -0.39 is 0 Å². The number of aliphatic hydroxyl groups is 1. The predicted octanol–water partition coefficient (Wildman–Crippen LogP) is 2.43. The van der Waals surface area contributed by atoms with Crippen molar-refractivity contribution in [3.63, 3.8) is 0 Å². The molecule has 1 heterocycles. The number of para-hydroxylation sites is 2. The minimum Gasteiger partial charge on any atom is -0.489 e. The van der Waals surface area contributed by atoms with Crippen LogP contribution in [0.3, 0.4) is 0 Å². The van der Waals surface area contributed by atoms with Crippen molar-refractivity contribution in [2.24, 2.45) is 0 Å². The molecule has 1 fully saturated rings. The quantitative estimate of drug-likeness (QED) is 0.870. The van der Waals surface area contributed by atoms with Gasteiger partial charge in [0.25, 0.3) is 0 Å². The highest BCUT2D eigenvalue weighted by molar-refractivity contribution is 5.59. The summed E-state index contributed by atoms with van der Waals surface area (Å²) in [4.78, 5) is 2.26. The first-order valence-electron chi connectivity index (χ1n) is 6.35. The fourth-order valence-electron chi connectivity index (χ4n) is 2.39. The third-order valence-corrected chi connectivity index (χ3v) is 3.13. The van der Waals surface area contributed by atoms with E-state index >= 15 is 0 Å². The van der Waals surface area contributed by atoms with Gasteiger partial charge in [-0.05, 0) is 38.8 Å². The lowest BCUT2D eigenvalue weighted by Gasteiger charge is -2.27. The van der Waals surface area contributed by atoms with Crippen molar-refractivity contribution in [3.05, 3.63) is 24.3 Å². The number of anilines is 1. The Kier molecular flexibility index (Phi) is 3.89. The number of rotatable bonds is 4. The molecule has 1 aromatic carbocycles. The van der Waals surface area contributed by atoms with Gasteiger partial charge in [-0.1, -0.05) is 12.1 Å². The van der Waals surface area contributed by atoms with Crippen LogP contribution in [0.2, 0.25) is 0 Å². The molecule has 1 saturated heterocycles. The summed E-state index contributed by atoms with van der Waals surface area (Å²) < 4.78 is 5.83. The van der Waals surface area contributed by atoms with E-state index in [0.29, 0.717) is 0 Å². The number of hydrogen-bond acceptors (Lipinski definition) is 3. The molecule has 2 rings (SSSR count). The highest BCUT2D eigenvalue weighted by Gasteiger charge is 2.26. The van der Waals surface area contributed by atoms with Crippen LogP contribution in [-0.4, -0.2) is 30.4 Å². The topological polar surface area (TPSA) is 32.7 Å². The Labute approximate surface area is 103 Å². The van der Waals surface area contributed by atoms with Gasteiger partial charge in [0.05, 0.1) is 24.4 Å². The summed E-state index contributed by atoms with van der Waals surface area (Å²) in [6.07, 6.45) is 2.37. The van der Waals surface area contributed by atoms with Crippen LogP contribution in [0, 0.1) is 0 Å². The van der Waals surface area contributed by atoms with Gasteiger partial charge in [-0.2, -0.15) is 0 Å². The molecule has 3 nitrogen and oxygen atoms in total. The molecular formula is C14H21NO2. The maximum absolute atomic E-state index is 9.39. The molecule has 1 unspecified atom stereocenters. The number of nitrogens with zero attached hydrogens (tertiary/aromatic N) is 1. The summed E-state index contributed by atoms with van der Waals surface area (Å²) in [6, 6.07) is 8.33. The third kappa shape index (κ3) is 2.72. The van der Waals surface area contributed by atoms with E-state index in [4.69, 9.17) is 4.74 Å². The highest BCUT2D eigenvalue weighted by Crippen LogP contribution is 2.33. The Morgan fingerprint density at radius 2 is 2.18 bits per heavy atom. The molecule has 1 atom stereocenters. The summed E-state index contributed by atoms with van der Waals surface area (Å²) in [5, 5.41) is 9.39. The van der Waals surface area contributed by atoms with E-state index in [1.54, 1.807) is 0 Å². The summed E-state index contributed by atoms with van der Waals surface area (Å²) >= 11 is 0. The van der Waals surface area contributed by atoms with Crippen LogP contribution < -0.4 is 9.64 Å². The maximum Gasteiger partial charge on any atom is 0.142 e. The lowest BCUT2D eigenvalue weighted by molar-refractivity contribution is 0.240. The molecule has 0 amide bonds. The second kappa shape index (κ2) is 5.41. The number of benzene rings is 1. The van der Waals surface area contributed by atoms with Crippen molar-refractivity contribution < 1.29 is 9.84 Å². The molecule has 94 valence electrons. The van der Waals surface area contributed by atoms with Crippen molar-refractivity contribution in [1.29, 1.82) is 0 Å². The molecule has 0 bridgehead atoms. The molecule has 0 radical (unpaired) electrons. The van der Waals surface area contributed by atoms with Crippen LogP contribution in [0.15, 0.2) is 24.3 Å². The second-order valence-electron chi connectivity index (χ2n) is 4.81. The Morgan fingerprint density at radius 1 is 1.41 bits per heavy atom. The highest BCUT2D eigenvalue weighted by atomic mass is 16.5. The predicted molar refractivity (Wildman–Crippen MR) is 69.7 cm³/mol.